The van der Waals surface area contributed by atoms with Crippen molar-refractivity contribution in [1.82, 2.24) is 55.0 Å². The van der Waals surface area contributed by atoms with Gasteiger partial charge in [0.1, 0.15) is 5.60 Å². The van der Waals surface area contributed by atoms with Crippen molar-refractivity contribution in [3.63, 3.8) is 0 Å². The number of alkyl carbamates (subject to hydrolysis) is 1. The molecule has 0 spiro atoms. The highest BCUT2D eigenvalue weighted by molar-refractivity contribution is 6.34. The van der Waals surface area contributed by atoms with E-state index in [1.54, 1.807) is 69.8 Å². The lowest BCUT2D eigenvalue weighted by atomic mass is 10.1. The van der Waals surface area contributed by atoms with Crippen LogP contribution in [0.2, 0.25) is 10.0 Å². The van der Waals surface area contributed by atoms with Crippen LogP contribution in [0.4, 0.5) is 39.7 Å². The second kappa shape index (κ2) is 30.1. The van der Waals surface area contributed by atoms with Crippen molar-refractivity contribution in [3.05, 3.63) is 70.2 Å². The van der Waals surface area contributed by atoms with Gasteiger partial charge in [-0.2, -0.15) is 19.9 Å². The number of nitrogens with two attached hydrogens (primary N) is 1. The van der Waals surface area contributed by atoms with E-state index in [1.165, 1.54) is 0 Å². The van der Waals surface area contributed by atoms with E-state index in [0.29, 0.717) is 94.7 Å². The van der Waals surface area contributed by atoms with Gasteiger partial charge in [-0.05, 0) is 96.7 Å². The molecule has 4 aromatic heterocycles. The molecule has 0 unspecified atom stereocenters. The summed E-state index contributed by atoms with van der Waals surface area (Å²) in [7, 11) is 0. The maximum absolute atomic E-state index is 12.7. The van der Waals surface area contributed by atoms with Gasteiger partial charge >= 0.3 is 6.09 Å². The molecule has 11 N–H and O–H groups in total. The molecular weight excluding hydrogens is 1060 g/mol. The summed E-state index contributed by atoms with van der Waals surface area (Å²) >= 11 is 12.9. The molecule has 3 amide bonds. The Morgan fingerprint density at radius 3 is 1.38 bits per heavy atom. The number of imidazole rings is 2. The summed E-state index contributed by atoms with van der Waals surface area (Å²) in [6.07, 6.45) is 2.93. The van der Waals surface area contributed by atoms with Crippen LogP contribution in [0.15, 0.2) is 49.1 Å². The molecule has 26 heteroatoms. The van der Waals surface area contributed by atoms with Crippen LogP contribution in [-0.4, -0.2) is 151 Å². The first-order valence-electron chi connectivity index (χ1n) is 26.3. The number of hydrogen-bond acceptors (Lipinski definition) is 19. The van der Waals surface area contributed by atoms with Crippen molar-refractivity contribution in [2.75, 3.05) is 87.1 Å². The van der Waals surface area contributed by atoms with Gasteiger partial charge in [0.05, 0.1) is 85.6 Å². The van der Waals surface area contributed by atoms with Gasteiger partial charge in [-0.3, -0.25) is 9.59 Å². The van der Waals surface area contributed by atoms with E-state index >= 15 is 0 Å². The molecule has 24 nitrogen and oxygen atoms in total. The first-order chi connectivity index (χ1) is 37.5. The van der Waals surface area contributed by atoms with E-state index in [0.717, 1.165) is 0 Å². The highest BCUT2D eigenvalue weighted by Gasteiger charge is 2.22. The normalized spacial score (nSPS) is 12.4. The number of fused-ring (bicyclic) bond motifs is 2. The number of aliphatic hydroxyl groups excluding tert-OH is 2. The Balaban J connectivity index is 0.000000295. The van der Waals surface area contributed by atoms with Crippen molar-refractivity contribution in [3.8, 4) is 0 Å². The quantitative estimate of drug-likeness (QED) is 0.0224. The average molecular weight is 1140 g/mol. The number of hydrogen-bond donors (Lipinski definition) is 10. The van der Waals surface area contributed by atoms with Gasteiger partial charge < -0.3 is 76.5 Å². The largest absolute Gasteiger partial charge is 0.444 e. The molecule has 6 rings (SSSR count). The van der Waals surface area contributed by atoms with Crippen molar-refractivity contribution in [2.24, 2.45) is 17.6 Å². The van der Waals surface area contributed by atoms with E-state index in [4.69, 9.17) is 43.1 Å². The number of carbonyl (C=O) groups is 3. The van der Waals surface area contributed by atoms with E-state index in [2.05, 4.69) is 67.1 Å². The molecule has 0 fully saturated rings. The van der Waals surface area contributed by atoms with Crippen LogP contribution in [0.3, 0.4) is 0 Å². The number of rotatable bonds is 27. The number of halogens is 2. The Morgan fingerprint density at radius 1 is 0.620 bits per heavy atom. The summed E-state index contributed by atoms with van der Waals surface area (Å²) in [5, 5.41) is 41.2. The highest BCUT2D eigenvalue weighted by Crippen LogP contribution is 2.31. The average Bonchev–Trinajstić information content (AvgIpc) is 4.11. The molecule has 0 saturated carbocycles. The summed E-state index contributed by atoms with van der Waals surface area (Å²) in [4.78, 5) is 64.5. The van der Waals surface area contributed by atoms with Gasteiger partial charge in [0.25, 0.3) is 11.8 Å². The van der Waals surface area contributed by atoms with Crippen LogP contribution in [0, 0.1) is 11.8 Å². The summed E-state index contributed by atoms with van der Waals surface area (Å²) in [5.74, 6) is 1.35. The lowest BCUT2D eigenvalue weighted by Crippen LogP contribution is -2.34. The van der Waals surface area contributed by atoms with Gasteiger partial charge in [-0.1, -0.05) is 50.9 Å². The van der Waals surface area contributed by atoms with Crippen molar-refractivity contribution in [2.45, 2.75) is 106 Å². The van der Waals surface area contributed by atoms with Crippen molar-refractivity contribution < 1.29 is 38.8 Å². The molecule has 0 aliphatic carbocycles. The topological polar surface area (TPSA) is 317 Å². The number of amides is 3. The fourth-order valence-electron chi connectivity index (χ4n) is 7.39. The summed E-state index contributed by atoms with van der Waals surface area (Å²) < 4.78 is 19.8. The van der Waals surface area contributed by atoms with E-state index in [9.17, 15) is 24.6 Å². The fourth-order valence-corrected chi connectivity index (χ4v) is 7.92. The second-order valence-corrected chi connectivity index (χ2v) is 21.4. The number of aliphatic hydroxyl groups is 2. The zero-order chi connectivity index (χ0) is 58.0. The Kier molecular flexibility index (Phi) is 24.0. The van der Waals surface area contributed by atoms with Crippen LogP contribution in [0.1, 0.15) is 109 Å². The highest BCUT2D eigenvalue weighted by atomic mass is 35.5. The predicted molar refractivity (Wildman–Crippen MR) is 309 cm³/mol. The molecule has 0 saturated heterocycles. The van der Waals surface area contributed by atoms with Gasteiger partial charge in [0, 0.05) is 49.6 Å². The third-order valence-electron chi connectivity index (χ3n) is 11.8. The summed E-state index contributed by atoms with van der Waals surface area (Å²) in [5.41, 5.74) is 9.17. The maximum atomic E-state index is 12.7. The maximum Gasteiger partial charge on any atom is 0.407 e. The van der Waals surface area contributed by atoms with E-state index in [1.807, 2.05) is 64.5 Å². The summed E-state index contributed by atoms with van der Waals surface area (Å²) in [6, 6.07) is 9.85. The van der Waals surface area contributed by atoms with E-state index < -0.39 is 11.7 Å². The molecule has 0 bridgehead atoms. The minimum atomic E-state index is -0.566. The predicted octanol–water partition coefficient (Wildman–Crippen LogP) is 7.44. The Hall–Kier alpha value is -6.67. The number of ether oxygens (including phenoxy) is 3. The molecular formula is C53H78Cl2N16O8. The summed E-state index contributed by atoms with van der Waals surface area (Å²) in [6.45, 7) is 24.1. The zero-order valence-electron chi connectivity index (χ0n) is 46.9. The fraction of sp³-hybridized carbons (Fsp3) is 0.528. The molecule has 2 aromatic carbocycles. The smallest absolute Gasteiger partial charge is 0.407 e. The SMILES string of the molecule is CC(C)[C@H](CO)Nc1nc(Nc2ccc(C(=O)NCCOCCN)c(Cl)c2)c2ncn(C(C)C)c2n1.CC(C)[C@H](CO)Nc1nc(Nc2ccc(C(=O)NCCOCCNC(=O)OC(C)(C)C)c(Cl)c2)c2ncn(C(C)C)c2n1. The molecule has 0 radical (unpaired) electrons. The van der Waals surface area contributed by atoms with Crippen LogP contribution < -0.4 is 43.0 Å². The molecule has 79 heavy (non-hydrogen) atoms. The Morgan fingerprint density at radius 2 is 1.03 bits per heavy atom. The zero-order valence-corrected chi connectivity index (χ0v) is 48.4. The molecule has 0 aliphatic rings. The van der Waals surface area contributed by atoms with Crippen LogP contribution in [-0.2, 0) is 14.2 Å². The third-order valence-corrected chi connectivity index (χ3v) is 12.4. The molecule has 0 aliphatic heterocycles. The monoisotopic (exact) mass is 1140 g/mol. The first kappa shape index (κ1) is 63.2. The molecule has 4 heterocycles. The van der Waals surface area contributed by atoms with Crippen LogP contribution >= 0.6 is 23.2 Å². The number of anilines is 6. The number of benzene rings is 2. The third kappa shape index (κ3) is 18.7. The molecule has 432 valence electrons. The Bertz CT molecular complexity index is 2950. The number of nitrogens with zero attached hydrogens (tertiary/aromatic N) is 8. The lowest BCUT2D eigenvalue weighted by Gasteiger charge is -2.20. The number of aromatic nitrogens is 8. The van der Waals surface area contributed by atoms with E-state index in [-0.39, 0.29) is 97.4 Å². The Labute approximate surface area is 471 Å². The lowest BCUT2D eigenvalue weighted by molar-refractivity contribution is 0.0500. The van der Waals surface area contributed by atoms with Crippen molar-refractivity contribution in [1.29, 1.82) is 0 Å². The first-order valence-corrected chi connectivity index (χ1v) is 27.0. The van der Waals surface area contributed by atoms with Crippen molar-refractivity contribution >= 4 is 98.3 Å². The van der Waals surface area contributed by atoms with Gasteiger partial charge in [-0.25, -0.2) is 14.8 Å². The minimum Gasteiger partial charge on any atom is -0.444 e. The van der Waals surface area contributed by atoms with Gasteiger partial charge in [-0.15, -0.1) is 0 Å². The number of carbonyl (C=O) groups excluding carboxylic acids is 3. The van der Waals surface area contributed by atoms with Gasteiger partial charge in [0.2, 0.25) is 11.9 Å². The van der Waals surface area contributed by atoms with Crippen LogP contribution in [0.25, 0.3) is 22.3 Å². The van der Waals surface area contributed by atoms with Crippen LogP contribution in [0.5, 0.6) is 0 Å². The number of nitrogens with one attached hydrogen (secondary N) is 7. The molecule has 6 aromatic rings. The standard InChI is InChI=1S/C29H43ClN8O5.C24H35ClN8O3/c1-17(2)22(15-39)35-27-36-24(23-25(37-27)38(16-33-23)18(3)4)34-19-8-9-20(21(30)14-19)26(40)31-10-12-42-13-11-32-28(41)43-29(5,6)7;1-14(2)19(12-34)30-24-31-21(20-22(32-24)33(13-28-20)15(3)4)29-16-5-6-17(18(25)11-16)23(35)27-8-10-36-9-7-26/h8-9,14,16-18,22,39H,10-13,15H2,1-7H3,(H,31,40)(H,32,41)(H2,34,35,36,37);5-6,11,13-15,19,34H,7-10,12,26H2,1-4H3,(H,27,35)(H2,29,30,31,32)/t22-;19-/m00/s1. The van der Waals surface area contributed by atoms with Gasteiger partial charge in [0.15, 0.2) is 34.0 Å². The second-order valence-electron chi connectivity index (χ2n) is 20.6. The molecule has 2 atom stereocenters. The minimum absolute atomic E-state index is 0.0520.